The molecule has 2 heterocycles. The van der Waals surface area contributed by atoms with Crippen molar-refractivity contribution < 1.29 is 14.6 Å². The molecule has 2 saturated heterocycles. The zero-order chi connectivity index (χ0) is 12.4. The molecule has 17 heavy (non-hydrogen) atoms. The normalized spacial score (nSPS) is 32.8. The molecule has 2 rings (SSSR count). The summed E-state index contributed by atoms with van der Waals surface area (Å²) in [5, 5.41) is 9.51. The summed E-state index contributed by atoms with van der Waals surface area (Å²) in [6.45, 7) is 4.23. The van der Waals surface area contributed by atoms with E-state index >= 15 is 0 Å². The van der Waals surface area contributed by atoms with Gasteiger partial charge in [0.15, 0.2) is 0 Å². The third-order valence-electron chi connectivity index (χ3n) is 3.98. The first-order valence-corrected chi connectivity index (χ1v) is 6.39. The van der Waals surface area contributed by atoms with Crippen molar-refractivity contribution in [1.82, 2.24) is 4.90 Å². The maximum absolute atomic E-state index is 12.2. The Labute approximate surface area is 102 Å². The average Bonchev–Trinajstić information content (AvgIpc) is 2.74. The zero-order valence-electron chi connectivity index (χ0n) is 10.3. The molecule has 0 saturated carbocycles. The van der Waals surface area contributed by atoms with Gasteiger partial charge in [0.25, 0.3) is 0 Å². The molecule has 0 aliphatic carbocycles. The van der Waals surface area contributed by atoms with Gasteiger partial charge in [-0.15, -0.1) is 0 Å². The third-order valence-corrected chi connectivity index (χ3v) is 3.98. The van der Waals surface area contributed by atoms with Gasteiger partial charge in [-0.2, -0.15) is 0 Å². The van der Waals surface area contributed by atoms with Crippen molar-refractivity contribution in [2.24, 2.45) is 17.6 Å². The van der Waals surface area contributed by atoms with Gasteiger partial charge in [0, 0.05) is 19.1 Å². The number of carbonyl (C=O) groups excluding carboxylic acids is 1. The second-order valence-electron chi connectivity index (χ2n) is 5.21. The summed E-state index contributed by atoms with van der Waals surface area (Å²) in [6, 6.07) is -0.156. The van der Waals surface area contributed by atoms with Gasteiger partial charge in [0.2, 0.25) is 5.91 Å². The molecule has 3 N–H and O–H groups in total. The molecule has 2 aliphatic rings. The second kappa shape index (κ2) is 5.33. The van der Waals surface area contributed by atoms with Gasteiger partial charge in [-0.3, -0.25) is 4.79 Å². The summed E-state index contributed by atoms with van der Waals surface area (Å²) in [4.78, 5) is 14.1. The van der Waals surface area contributed by atoms with Crippen molar-refractivity contribution >= 4 is 5.91 Å². The number of hydrogen-bond donors (Lipinski definition) is 2. The smallest absolute Gasteiger partial charge is 0.229 e. The van der Waals surface area contributed by atoms with Gasteiger partial charge >= 0.3 is 0 Å². The van der Waals surface area contributed by atoms with Crippen molar-refractivity contribution in [3.63, 3.8) is 0 Å². The Hall–Kier alpha value is -0.650. The summed E-state index contributed by atoms with van der Waals surface area (Å²) >= 11 is 0. The molecule has 0 aromatic heterocycles. The van der Waals surface area contributed by atoms with Crippen LogP contribution >= 0.6 is 0 Å². The van der Waals surface area contributed by atoms with Gasteiger partial charge in [0.05, 0.1) is 25.2 Å². The minimum Gasteiger partial charge on any atom is -0.393 e. The van der Waals surface area contributed by atoms with Gasteiger partial charge in [-0.05, 0) is 25.7 Å². The van der Waals surface area contributed by atoms with Gasteiger partial charge in [-0.25, -0.2) is 0 Å². The average molecular weight is 242 g/mol. The van der Waals surface area contributed by atoms with E-state index in [1.54, 1.807) is 0 Å². The summed E-state index contributed by atoms with van der Waals surface area (Å²) in [5.74, 6) is 0.282. The number of piperidine rings is 1. The van der Waals surface area contributed by atoms with Crippen molar-refractivity contribution in [2.75, 3.05) is 26.3 Å². The minimum atomic E-state index is -0.274. The number of carbonyl (C=O) groups is 1. The lowest BCUT2D eigenvalue weighted by Crippen LogP contribution is -2.47. The summed E-state index contributed by atoms with van der Waals surface area (Å²) in [7, 11) is 0. The Kier molecular flexibility index (Phi) is 4.01. The van der Waals surface area contributed by atoms with E-state index in [4.69, 9.17) is 10.5 Å². The Morgan fingerprint density at radius 1 is 1.41 bits per heavy atom. The maximum atomic E-state index is 12.2. The molecule has 0 bridgehead atoms. The minimum absolute atomic E-state index is 0.124. The fourth-order valence-electron chi connectivity index (χ4n) is 2.66. The van der Waals surface area contributed by atoms with Crippen LogP contribution in [0.15, 0.2) is 0 Å². The Bertz CT molecular complexity index is 275. The highest BCUT2D eigenvalue weighted by Gasteiger charge is 2.36. The number of nitrogens with two attached hydrogens (primary N) is 1. The Morgan fingerprint density at radius 2 is 2.06 bits per heavy atom. The van der Waals surface area contributed by atoms with Crippen LogP contribution in [-0.2, 0) is 9.53 Å². The number of ether oxygens (including phenoxy) is 1. The largest absolute Gasteiger partial charge is 0.393 e. The molecular weight excluding hydrogens is 220 g/mol. The highest BCUT2D eigenvalue weighted by molar-refractivity contribution is 5.80. The molecule has 3 atom stereocenters. The van der Waals surface area contributed by atoms with E-state index in [2.05, 4.69) is 0 Å². The van der Waals surface area contributed by atoms with Crippen molar-refractivity contribution in [3.05, 3.63) is 0 Å². The number of hydrogen-bond acceptors (Lipinski definition) is 4. The van der Waals surface area contributed by atoms with Gasteiger partial charge in [-0.1, -0.05) is 0 Å². The molecule has 5 nitrogen and oxygen atoms in total. The molecule has 0 spiro atoms. The van der Waals surface area contributed by atoms with Crippen LogP contribution in [0.3, 0.4) is 0 Å². The lowest BCUT2D eigenvalue weighted by Gasteiger charge is -2.35. The maximum Gasteiger partial charge on any atom is 0.229 e. The van der Waals surface area contributed by atoms with E-state index in [1.807, 2.05) is 11.8 Å². The van der Waals surface area contributed by atoms with Gasteiger partial charge < -0.3 is 20.5 Å². The second-order valence-corrected chi connectivity index (χ2v) is 5.21. The number of aliphatic hydroxyl groups excluding tert-OH is 1. The van der Waals surface area contributed by atoms with Crippen molar-refractivity contribution in [2.45, 2.75) is 31.9 Å². The van der Waals surface area contributed by atoms with E-state index in [-0.39, 0.29) is 24.0 Å². The molecular formula is C12H22N2O3. The van der Waals surface area contributed by atoms with E-state index in [9.17, 15) is 9.90 Å². The lowest BCUT2D eigenvalue weighted by molar-refractivity contribution is -0.137. The first-order valence-electron chi connectivity index (χ1n) is 6.39. The summed E-state index contributed by atoms with van der Waals surface area (Å²) in [5.41, 5.74) is 5.85. The number of nitrogens with zero attached hydrogens (tertiary/aromatic N) is 1. The fraction of sp³-hybridized carbons (Fsp3) is 0.917. The molecule has 5 heteroatoms. The number of aliphatic hydroxyl groups is 1. The number of rotatable bonds is 2. The molecule has 1 amide bonds. The lowest BCUT2D eigenvalue weighted by atomic mass is 9.91. The molecule has 0 aromatic rings. The van der Waals surface area contributed by atoms with Crippen LogP contribution in [0.5, 0.6) is 0 Å². The molecule has 3 unspecified atom stereocenters. The molecule has 98 valence electrons. The predicted molar refractivity (Wildman–Crippen MR) is 63.3 cm³/mol. The molecule has 0 radical (unpaired) electrons. The fourth-order valence-corrected chi connectivity index (χ4v) is 2.66. The highest BCUT2D eigenvalue weighted by atomic mass is 16.5. The monoisotopic (exact) mass is 242 g/mol. The Morgan fingerprint density at radius 3 is 2.53 bits per heavy atom. The topological polar surface area (TPSA) is 75.8 Å². The molecule has 0 aromatic carbocycles. The molecule has 2 aliphatic heterocycles. The van der Waals surface area contributed by atoms with Crippen LogP contribution < -0.4 is 5.73 Å². The predicted octanol–water partition coefficient (Wildman–Crippen LogP) is -0.420. The van der Waals surface area contributed by atoms with Gasteiger partial charge in [0.1, 0.15) is 0 Å². The van der Waals surface area contributed by atoms with Crippen molar-refractivity contribution in [1.29, 1.82) is 0 Å². The summed E-state index contributed by atoms with van der Waals surface area (Å²) in [6.07, 6.45) is 1.49. The summed E-state index contributed by atoms with van der Waals surface area (Å²) < 4.78 is 5.23. The van der Waals surface area contributed by atoms with Crippen LogP contribution in [0.2, 0.25) is 0 Å². The molecule has 2 fully saturated rings. The van der Waals surface area contributed by atoms with E-state index < -0.39 is 0 Å². The first kappa shape index (κ1) is 12.8. The standard InChI is InChI=1S/C12H22N2O3/c1-8(15)9-2-4-14(5-3-9)12(16)10-6-17-7-11(10)13/h8-11,15H,2-7,13H2,1H3. The van der Waals surface area contributed by atoms with Crippen LogP contribution in [0.4, 0.5) is 0 Å². The van der Waals surface area contributed by atoms with Crippen molar-refractivity contribution in [3.8, 4) is 0 Å². The van der Waals surface area contributed by atoms with E-state index in [0.717, 1.165) is 25.9 Å². The SMILES string of the molecule is CC(O)C1CCN(C(=O)C2COCC2N)CC1. The van der Waals surface area contributed by atoms with E-state index in [0.29, 0.717) is 19.1 Å². The third kappa shape index (κ3) is 2.78. The van der Waals surface area contributed by atoms with Crippen LogP contribution in [-0.4, -0.2) is 54.4 Å². The van der Waals surface area contributed by atoms with Crippen LogP contribution in [0.1, 0.15) is 19.8 Å². The Balaban J connectivity index is 1.86. The zero-order valence-corrected chi connectivity index (χ0v) is 10.3. The number of amides is 1. The van der Waals surface area contributed by atoms with Crippen LogP contribution in [0.25, 0.3) is 0 Å². The number of likely N-dealkylation sites (tertiary alicyclic amines) is 1. The first-order chi connectivity index (χ1) is 8.09. The highest BCUT2D eigenvalue weighted by Crippen LogP contribution is 2.23. The van der Waals surface area contributed by atoms with Crippen LogP contribution in [0, 0.1) is 11.8 Å². The quantitative estimate of drug-likeness (QED) is 0.689. The van der Waals surface area contributed by atoms with E-state index in [1.165, 1.54) is 0 Å².